The predicted octanol–water partition coefficient (Wildman–Crippen LogP) is 1.35. The van der Waals surface area contributed by atoms with Crippen molar-refractivity contribution in [1.29, 1.82) is 0 Å². The molecule has 2 rings (SSSR count). The maximum absolute atomic E-state index is 12.1. The van der Waals surface area contributed by atoms with Gasteiger partial charge in [-0.05, 0) is 37.8 Å². The normalized spacial score (nSPS) is 15.5. The van der Waals surface area contributed by atoms with Crippen LogP contribution < -0.4 is 10.9 Å². The molecule has 4 heteroatoms. The fourth-order valence-electron chi connectivity index (χ4n) is 2.78. The Morgan fingerprint density at radius 1 is 1.42 bits per heavy atom. The molecule has 0 aromatic carbocycles. The summed E-state index contributed by atoms with van der Waals surface area (Å²) in [7, 11) is 1.71. The Balaban J connectivity index is 2.16. The molecular weight excluding hydrogens is 240 g/mol. The van der Waals surface area contributed by atoms with Gasteiger partial charge in [0.15, 0.2) is 0 Å². The third-order valence-corrected chi connectivity index (χ3v) is 3.70. The molecule has 0 spiro atoms. The number of rotatable bonds is 7. The fraction of sp³-hybridized carbons (Fsp3) is 0.667. The number of nitrogens with zero attached hydrogens (tertiary/aromatic N) is 1. The first-order valence-corrected chi connectivity index (χ1v) is 7.20. The lowest BCUT2D eigenvalue weighted by molar-refractivity contribution is 0.158. The number of aryl methyl sites for hydroxylation is 1. The molecule has 0 radical (unpaired) electrons. The van der Waals surface area contributed by atoms with Gasteiger partial charge in [0.1, 0.15) is 0 Å². The van der Waals surface area contributed by atoms with E-state index in [1.165, 1.54) is 11.3 Å². The van der Waals surface area contributed by atoms with E-state index in [1.54, 1.807) is 13.2 Å². The van der Waals surface area contributed by atoms with Gasteiger partial charge in [-0.3, -0.25) is 4.79 Å². The number of hydrogen-bond donors (Lipinski definition) is 1. The molecule has 0 bridgehead atoms. The highest BCUT2D eigenvalue weighted by atomic mass is 16.5. The van der Waals surface area contributed by atoms with Crippen LogP contribution in [0.3, 0.4) is 0 Å². The van der Waals surface area contributed by atoms with Gasteiger partial charge in [0.05, 0.1) is 6.61 Å². The van der Waals surface area contributed by atoms with Gasteiger partial charge in [-0.25, -0.2) is 0 Å². The van der Waals surface area contributed by atoms with Crippen LogP contribution in [0, 0.1) is 0 Å². The first-order valence-electron chi connectivity index (χ1n) is 7.20. The van der Waals surface area contributed by atoms with Crippen LogP contribution in [0.2, 0.25) is 0 Å². The monoisotopic (exact) mass is 264 g/mol. The molecule has 1 N–H and O–H groups in total. The summed E-state index contributed by atoms with van der Waals surface area (Å²) in [6.07, 6.45) is 4.38. The quantitative estimate of drug-likeness (QED) is 0.808. The summed E-state index contributed by atoms with van der Waals surface area (Å²) in [6, 6.07) is 3.90. The van der Waals surface area contributed by atoms with Crippen molar-refractivity contribution in [3.63, 3.8) is 0 Å². The average molecular weight is 264 g/mol. The molecule has 0 aliphatic heterocycles. The second-order valence-electron chi connectivity index (χ2n) is 5.21. The van der Waals surface area contributed by atoms with Gasteiger partial charge in [0.25, 0.3) is 5.56 Å². The number of nitrogens with one attached hydrogen (secondary N) is 1. The molecule has 1 aliphatic rings. The SMILES string of the molecule is CCCNC(COC)Cn1c2c(ccc1=O)CCC2. The molecule has 1 unspecified atom stereocenters. The van der Waals surface area contributed by atoms with Gasteiger partial charge in [-0.15, -0.1) is 0 Å². The minimum atomic E-state index is 0.111. The second-order valence-corrected chi connectivity index (χ2v) is 5.21. The Bertz CT molecular complexity index is 468. The largest absolute Gasteiger partial charge is 0.383 e. The molecule has 0 saturated carbocycles. The smallest absolute Gasteiger partial charge is 0.250 e. The molecule has 0 saturated heterocycles. The summed E-state index contributed by atoms with van der Waals surface area (Å²) in [6.45, 7) is 4.44. The van der Waals surface area contributed by atoms with E-state index in [0.717, 1.165) is 32.2 Å². The molecule has 1 aromatic rings. The highest BCUT2D eigenvalue weighted by Crippen LogP contribution is 2.20. The van der Waals surface area contributed by atoms with Crippen LogP contribution in [0.5, 0.6) is 0 Å². The van der Waals surface area contributed by atoms with E-state index in [-0.39, 0.29) is 11.6 Å². The van der Waals surface area contributed by atoms with Crippen molar-refractivity contribution < 1.29 is 4.74 Å². The third kappa shape index (κ3) is 3.45. The maximum Gasteiger partial charge on any atom is 0.250 e. The second kappa shape index (κ2) is 6.87. The Morgan fingerprint density at radius 2 is 2.26 bits per heavy atom. The van der Waals surface area contributed by atoms with Gasteiger partial charge >= 0.3 is 0 Å². The average Bonchev–Trinajstić information content (AvgIpc) is 2.87. The highest BCUT2D eigenvalue weighted by molar-refractivity contribution is 5.25. The summed E-state index contributed by atoms with van der Waals surface area (Å²) >= 11 is 0. The molecule has 1 heterocycles. The topological polar surface area (TPSA) is 43.3 Å². The molecule has 106 valence electrons. The number of pyridine rings is 1. The van der Waals surface area contributed by atoms with Gasteiger partial charge in [0.2, 0.25) is 0 Å². The molecule has 1 atom stereocenters. The molecule has 0 fully saturated rings. The van der Waals surface area contributed by atoms with E-state index in [9.17, 15) is 4.79 Å². The molecule has 19 heavy (non-hydrogen) atoms. The van der Waals surface area contributed by atoms with Crippen molar-refractivity contribution in [2.45, 2.75) is 45.2 Å². The van der Waals surface area contributed by atoms with Crippen molar-refractivity contribution in [2.24, 2.45) is 0 Å². The zero-order valence-electron chi connectivity index (χ0n) is 11.9. The zero-order valence-corrected chi connectivity index (χ0v) is 11.9. The number of methoxy groups -OCH3 is 1. The van der Waals surface area contributed by atoms with Crippen molar-refractivity contribution in [3.8, 4) is 0 Å². The van der Waals surface area contributed by atoms with Gasteiger partial charge < -0.3 is 14.6 Å². The summed E-state index contributed by atoms with van der Waals surface area (Å²) in [5.41, 5.74) is 2.68. The van der Waals surface area contributed by atoms with Crippen LogP contribution in [-0.2, 0) is 24.1 Å². The summed E-state index contributed by atoms with van der Waals surface area (Å²) in [5.74, 6) is 0. The molecule has 4 nitrogen and oxygen atoms in total. The van der Waals surface area contributed by atoms with Crippen molar-refractivity contribution in [2.75, 3.05) is 20.3 Å². The Morgan fingerprint density at radius 3 is 3.00 bits per heavy atom. The lowest BCUT2D eigenvalue weighted by Crippen LogP contribution is -2.40. The van der Waals surface area contributed by atoms with E-state index in [4.69, 9.17) is 4.74 Å². The summed E-state index contributed by atoms with van der Waals surface area (Å²) in [5, 5.41) is 3.45. The number of fused-ring (bicyclic) bond motifs is 1. The Kier molecular flexibility index (Phi) is 5.16. The van der Waals surface area contributed by atoms with Crippen LogP contribution in [0.4, 0.5) is 0 Å². The number of hydrogen-bond acceptors (Lipinski definition) is 3. The molecular formula is C15H24N2O2. The minimum absolute atomic E-state index is 0.111. The number of ether oxygens (including phenoxy) is 1. The van der Waals surface area contributed by atoms with Crippen molar-refractivity contribution in [1.82, 2.24) is 9.88 Å². The van der Waals surface area contributed by atoms with Crippen molar-refractivity contribution >= 4 is 0 Å². The Labute approximate surface area is 114 Å². The first kappa shape index (κ1) is 14.3. The van der Waals surface area contributed by atoms with Gasteiger partial charge in [-0.2, -0.15) is 0 Å². The summed E-state index contributed by atoms with van der Waals surface area (Å²) in [4.78, 5) is 12.1. The third-order valence-electron chi connectivity index (χ3n) is 3.70. The van der Waals surface area contributed by atoms with E-state index in [0.29, 0.717) is 13.2 Å². The van der Waals surface area contributed by atoms with E-state index < -0.39 is 0 Å². The Hall–Kier alpha value is -1.13. The van der Waals surface area contributed by atoms with Crippen LogP contribution in [0.1, 0.15) is 31.0 Å². The number of aromatic nitrogens is 1. The van der Waals surface area contributed by atoms with E-state index in [2.05, 4.69) is 12.2 Å². The minimum Gasteiger partial charge on any atom is -0.383 e. The predicted molar refractivity (Wildman–Crippen MR) is 76.7 cm³/mol. The molecule has 1 aromatic heterocycles. The van der Waals surface area contributed by atoms with E-state index in [1.807, 2.05) is 10.6 Å². The maximum atomic E-state index is 12.1. The zero-order chi connectivity index (χ0) is 13.7. The van der Waals surface area contributed by atoms with Crippen LogP contribution in [0.25, 0.3) is 0 Å². The van der Waals surface area contributed by atoms with Gasteiger partial charge in [-0.1, -0.05) is 13.0 Å². The van der Waals surface area contributed by atoms with E-state index >= 15 is 0 Å². The highest BCUT2D eigenvalue weighted by Gasteiger charge is 2.18. The van der Waals surface area contributed by atoms with Crippen LogP contribution >= 0.6 is 0 Å². The van der Waals surface area contributed by atoms with Crippen molar-refractivity contribution in [3.05, 3.63) is 33.7 Å². The summed E-state index contributed by atoms with van der Waals surface area (Å²) < 4.78 is 7.19. The first-order chi connectivity index (χ1) is 9.26. The van der Waals surface area contributed by atoms with Gasteiger partial charge in [0, 0.05) is 31.5 Å². The van der Waals surface area contributed by atoms with Crippen LogP contribution in [0.15, 0.2) is 16.9 Å². The fourth-order valence-corrected chi connectivity index (χ4v) is 2.78. The lowest BCUT2D eigenvalue weighted by atomic mass is 10.2. The van der Waals surface area contributed by atoms with Crippen LogP contribution in [-0.4, -0.2) is 30.9 Å². The molecule has 0 amide bonds. The standard InChI is InChI=1S/C15H24N2O2/c1-3-9-16-13(11-19-2)10-17-14-6-4-5-12(14)7-8-15(17)18/h7-8,13,16H,3-6,9-11H2,1-2H3. The molecule has 1 aliphatic carbocycles. The lowest BCUT2D eigenvalue weighted by Gasteiger charge is -2.21.